The maximum absolute atomic E-state index is 11.9. The van der Waals surface area contributed by atoms with Crippen LogP contribution in [0.15, 0.2) is 0 Å². The molecule has 0 aliphatic rings. The van der Waals surface area contributed by atoms with Gasteiger partial charge in [0.15, 0.2) is 0 Å². The van der Waals surface area contributed by atoms with Crippen LogP contribution in [0.25, 0.3) is 0 Å². The van der Waals surface area contributed by atoms with Crippen molar-refractivity contribution in [1.29, 1.82) is 0 Å². The van der Waals surface area contributed by atoms with Crippen molar-refractivity contribution in [2.75, 3.05) is 20.7 Å². The first-order valence-electron chi connectivity index (χ1n) is 4.10. The molecule has 0 aromatic rings. The van der Waals surface area contributed by atoms with E-state index < -0.39 is 24.0 Å². The van der Waals surface area contributed by atoms with E-state index in [1.54, 1.807) is 0 Å². The van der Waals surface area contributed by atoms with Crippen molar-refractivity contribution < 1.29 is 27.5 Å². The van der Waals surface area contributed by atoms with Crippen LogP contribution in [-0.2, 0) is 14.3 Å². The predicted octanol–water partition coefficient (Wildman–Crippen LogP) is 0.816. The Balaban J connectivity index is 4.32. The molecule has 15 heavy (non-hydrogen) atoms. The first kappa shape index (κ1) is 13.7. The van der Waals surface area contributed by atoms with Gasteiger partial charge in [-0.3, -0.25) is 9.59 Å². The van der Waals surface area contributed by atoms with E-state index in [1.165, 1.54) is 6.92 Å². The Hall–Kier alpha value is -1.27. The number of amides is 1. The van der Waals surface area contributed by atoms with Gasteiger partial charge in [0.25, 0.3) is 0 Å². The lowest BCUT2D eigenvalue weighted by atomic mass is 10.2. The molecule has 0 heterocycles. The molecule has 0 N–H and O–H groups in total. The van der Waals surface area contributed by atoms with E-state index in [2.05, 4.69) is 4.74 Å². The lowest BCUT2D eigenvalue weighted by Gasteiger charge is -2.21. The maximum Gasteiger partial charge on any atom is 0.471 e. The minimum atomic E-state index is -4.91. The number of nitrogens with zero attached hydrogens (tertiary/aromatic N) is 1. The minimum Gasteiger partial charge on any atom is -0.469 e. The molecule has 0 spiro atoms. The highest BCUT2D eigenvalue weighted by molar-refractivity contribution is 5.82. The van der Waals surface area contributed by atoms with Gasteiger partial charge in [-0.15, -0.1) is 0 Å². The van der Waals surface area contributed by atoms with E-state index in [0.29, 0.717) is 4.90 Å². The molecule has 0 radical (unpaired) electrons. The normalized spacial score (nSPS) is 13.2. The number of methoxy groups -OCH3 is 1. The zero-order chi connectivity index (χ0) is 12.2. The first-order chi connectivity index (χ1) is 6.70. The standard InChI is InChI=1S/C8H12F3NO3/c1-5(6(13)15-3)4-12(2)7(14)8(9,10)11/h5H,4H2,1-3H3. The summed E-state index contributed by atoms with van der Waals surface area (Å²) in [6, 6.07) is 0. The van der Waals surface area contributed by atoms with Crippen molar-refractivity contribution >= 4 is 11.9 Å². The molecule has 0 aliphatic heterocycles. The molecule has 0 aromatic heterocycles. The monoisotopic (exact) mass is 227 g/mol. The fraction of sp³-hybridized carbons (Fsp3) is 0.750. The van der Waals surface area contributed by atoms with Gasteiger partial charge in [-0.1, -0.05) is 6.92 Å². The average Bonchev–Trinajstić information content (AvgIpc) is 2.13. The van der Waals surface area contributed by atoms with Crippen LogP contribution in [0.5, 0.6) is 0 Å². The molecule has 0 saturated carbocycles. The van der Waals surface area contributed by atoms with Crippen molar-refractivity contribution in [2.24, 2.45) is 5.92 Å². The molecular formula is C8H12F3NO3. The van der Waals surface area contributed by atoms with E-state index in [4.69, 9.17) is 0 Å². The number of alkyl halides is 3. The summed E-state index contributed by atoms with van der Waals surface area (Å²) in [5.41, 5.74) is 0. The summed E-state index contributed by atoms with van der Waals surface area (Å²) in [6.07, 6.45) is -4.91. The molecule has 0 rings (SSSR count). The quantitative estimate of drug-likeness (QED) is 0.670. The van der Waals surface area contributed by atoms with Gasteiger partial charge in [0.05, 0.1) is 13.0 Å². The summed E-state index contributed by atoms with van der Waals surface area (Å²) >= 11 is 0. The van der Waals surface area contributed by atoms with Gasteiger partial charge in [0.1, 0.15) is 0 Å². The average molecular weight is 227 g/mol. The summed E-state index contributed by atoms with van der Waals surface area (Å²) in [5, 5.41) is 0. The molecule has 4 nitrogen and oxygen atoms in total. The van der Waals surface area contributed by atoms with Gasteiger partial charge in [0, 0.05) is 13.6 Å². The van der Waals surface area contributed by atoms with Gasteiger partial charge >= 0.3 is 18.1 Å². The van der Waals surface area contributed by atoms with Crippen LogP contribution < -0.4 is 0 Å². The minimum absolute atomic E-state index is 0.328. The van der Waals surface area contributed by atoms with Crippen LogP contribution in [0.3, 0.4) is 0 Å². The Kier molecular flexibility index (Phi) is 4.57. The molecule has 0 aliphatic carbocycles. The van der Waals surface area contributed by atoms with Crippen LogP contribution in [0.2, 0.25) is 0 Å². The van der Waals surface area contributed by atoms with Crippen LogP contribution in [0.4, 0.5) is 13.2 Å². The summed E-state index contributed by atoms with van der Waals surface area (Å²) in [7, 11) is 2.11. The van der Waals surface area contributed by atoms with Crippen molar-refractivity contribution in [1.82, 2.24) is 4.90 Å². The highest BCUT2D eigenvalue weighted by Gasteiger charge is 2.41. The second-order valence-corrected chi connectivity index (χ2v) is 3.11. The van der Waals surface area contributed by atoms with Crippen molar-refractivity contribution in [3.63, 3.8) is 0 Å². The number of rotatable bonds is 3. The van der Waals surface area contributed by atoms with Crippen LogP contribution in [-0.4, -0.2) is 43.7 Å². The fourth-order valence-corrected chi connectivity index (χ4v) is 0.986. The molecule has 0 fully saturated rings. The third kappa shape index (κ3) is 4.18. The Morgan fingerprint density at radius 3 is 2.20 bits per heavy atom. The number of hydrogen-bond donors (Lipinski definition) is 0. The van der Waals surface area contributed by atoms with Crippen LogP contribution in [0, 0.1) is 5.92 Å². The fourth-order valence-electron chi connectivity index (χ4n) is 0.986. The van der Waals surface area contributed by atoms with E-state index in [-0.39, 0.29) is 6.54 Å². The Morgan fingerprint density at radius 1 is 1.40 bits per heavy atom. The van der Waals surface area contributed by atoms with Crippen molar-refractivity contribution in [3.8, 4) is 0 Å². The smallest absolute Gasteiger partial charge is 0.469 e. The number of halogens is 3. The second-order valence-electron chi connectivity index (χ2n) is 3.11. The molecule has 88 valence electrons. The molecular weight excluding hydrogens is 215 g/mol. The zero-order valence-corrected chi connectivity index (χ0v) is 8.59. The predicted molar refractivity (Wildman–Crippen MR) is 44.9 cm³/mol. The van der Waals surface area contributed by atoms with Crippen molar-refractivity contribution in [2.45, 2.75) is 13.1 Å². The van der Waals surface area contributed by atoms with E-state index in [0.717, 1.165) is 14.2 Å². The van der Waals surface area contributed by atoms with Gasteiger partial charge in [-0.25, -0.2) is 0 Å². The maximum atomic E-state index is 11.9. The van der Waals surface area contributed by atoms with Crippen LogP contribution in [0.1, 0.15) is 6.92 Å². The Labute approximate surface area is 85.0 Å². The Bertz CT molecular complexity index is 252. The highest BCUT2D eigenvalue weighted by atomic mass is 19.4. The topological polar surface area (TPSA) is 46.6 Å². The number of hydrogen-bond acceptors (Lipinski definition) is 3. The highest BCUT2D eigenvalue weighted by Crippen LogP contribution is 2.18. The van der Waals surface area contributed by atoms with E-state index in [9.17, 15) is 22.8 Å². The molecule has 1 amide bonds. The molecule has 7 heteroatoms. The summed E-state index contributed by atoms with van der Waals surface area (Å²) in [6.45, 7) is 1.05. The summed E-state index contributed by atoms with van der Waals surface area (Å²) in [4.78, 5) is 22.0. The van der Waals surface area contributed by atoms with Gasteiger partial charge in [-0.2, -0.15) is 13.2 Å². The van der Waals surface area contributed by atoms with Gasteiger partial charge in [0.2, 0.25) is 0 Å². The number of carbonyl (C=O) groups excluding carboxylic acids is 2. The molecule has 1 unspecified atom stereocenters. The lowest BCUT2D eigenvalue weighted by molar-refractivity contribution is -0.184. The van der Waals surface area contributed by atoms with E-state index >= 15 is 0 Å². The SMILES string of the molecule is COC(=O)C(C)CN(C)C(=O)C(F)(F)F. The Morgan fingerprint density at radius 2 is 1.87 bits per heavy atom. The number of carbonyl (C=O) groups is 2. The van der Waals surface area contributed by atoms with E-state index in [1.807, 2.05) is 0 Å². The first-order valence-corrected chi connectivity index (χ1v) is 4.10. The van der Waals surface area contributed by atoms with Crippen LogP contribution >= 0.6 is 0 Å². The molecule has 0 saturated heterocycles. The molecule has 1 atom stereocenters. The summed E-state index contributed by atoms with van der Waals surface area (Å²) in [5.74, 6) is -3.42. The molecule has 0 aromatic carbocycles. The van der Waals surface area contributed by atoms with Gasteiger partial charge in [-0.05, 0) is 0 Å². The largest absolute Gasteiger partial charge is 0.471 e. The zero-order valence-electron chi connectivity index (χ0n) is 8.59. The number of ether oxygens (including phenoxy) is 1. The van der Waals surface area contributed by atoms with Crippen molar-refractivity contribution in [3.05, 3.63) is 0 Å². The van der Waals surface area contributed by atoms with Gasteiger partial charge < -0.3 is 9.64 Å². The third-order valence-corrected chi connectivity index (χ3v) is 1.74. The third-order valence-electron chi connectivity index (χ3n) is 1.74. The molecule has 0 bridgehead atoms. The lowest BCUT2D eigenvalue weighted by Crippen LogP contribution is -2.41. The second kappa shape index (κ2) is 4.99. The number of esters is 1. The summed E-state index contributed by atoms with van der Waals surface area (Å²) < 4.78 is 40.1.